The summed E-state index contributed by atoms with van der Waals surface area (Å²) >= 11 is 0. The molecule has 2 saturated carbocycles. The number of ether oxygens (including phenoxy) is 5. The number of esters is 2. The maximum absolute atomic E-state index is 13.1. The zero-order valence-electron chi connectivity index (χ0n) is 36.4. The van der Waals surface area contributed by atoms with E-state index in [1.54, 1.807) is 48.5 Å². The molecule has 2 unspecified atom stereocenters. The summed E-state index contributed by atoms with van der Waals surface area (Å²) in [4.78, 5) is 25.1. The van der Waals surface area contributed by atoms with Crippen LogP contribution in [-0.4, -0.2) is 50.1 Å². The van der Waals surface area contributed by atoms with Crippen LogP contribution in [0.15, 0.2) is 146 Å². The predicted octanol–water partition coefficient (Wildman–Crippen LogP) is 12.9. The molecule has 2 aliphatic carbocycles. The van der Waals surface area contributed by atoms with E-state index in [1.807, 2.05) is 60.7 Å². The second kappa shape index (κ2) is 20.9. The molecule has 4 fully saturated rings. The number of epoxide rings is 2. The van der Waals surface area contributed by atoms with Crippen LogP contribution in [0.1, 0.15) is 101 Å². The Kier molecular flexibility index (Phi) is 14.2. The van der Waals surface area contributed by atoms with Crippen LogP contribution in [0.3, 0.4) is 0 Å². The molecule has 7 nitrogen and oxygen atoms in total. The topological polar surface area (TPSA) is 86.9 Å². The summed E-state index contributed by atoms with van der Waals surface area (Å²) in [5.41, 5.74) is 7.34. The van der Waals surface area contributed by atoms with E-state index in [0.717, 1.165) is 73.7 Å². The number of hydrogen-bond acceptors (Lipinski definition) is 7. The van der Waals surface area contributed by atoms with Gasteiger partial charge in [0.25, 0.3) is 0 Å². The number of rotatable bonds is 13. The Hall–Kier alpha value is -6.00. The van der Waals surface area contributed by atoms with Crippen LogP contribution < -0.4 is 9.47 Å². The van der Waals surface area contributed by atoms with Crippen molar-refractivity contribution in [2.45, 2.75) is 87.9 Å². The van der Waals surface area contributed by atoms with Crippen LogP contribution in [0.2, 0.25) is 0 Å². The van der Waals surface area contributed by atoms with Gasteiger partial charge in [-0.05, 0) is 182 Å². The van der Waals surface area contributed by atoms with Gasteiger partial charge in [0.15, 0.2) is 0 Å². The van der Waals surface area contributed by atoms with E-state index >= 15 is 0 Å². The largest absolute Gasteiger partial charge is 0.423 e. The van der Waals surface area contributed by atoms with Crippen molar-refractivity contribution in [1.82, 2.24) is 0 Å². The van der Waals surface area contributed by atoms with Gasteiger partial charge in [0, 0.05) is 0 Å². The summed E-state index contributed by atoms with van der Waals surface area (Å²) in [5.74, 6) is 1.59. The Morgan fingerprint density at radius 3 is 1.22 bits per heavy atom. The van der Waals surface area contributed by atoms with Gasteiger partial charge in [-0.2, -0.15) is 0 Å². The minimum absolute atomic E-state index is 0.262. The maximum atomic E-state index is 13.1. The Morgan fingerprint density at radius 2 is 0.831 bits per heavy atom. The fourth-order valence-corrected chi connectivity index (χ4v) is 9.11. The highest BCUT2D eigenvalue weighted by atomic mass is 19.1. The molecule has 0 spiro atoms. The number of carbonyl (C=O) groups is 2. The minimum Gasteiger partial charge on any atom is -0.423 e. The molecule has 4 aliphatic rings. The average molecular weight is 877 g/mol. The summed E-state index contributed by atoms with van der Waals surface area (Å²) < 4.78 is 53.8. The van der Waals surface area contributed by atoms with Gasteiger partial charge in [-0.15, -0.1) is 0 Å². The highest BCUT2D eigenvalue weighted by Crippen LogP contribution is 2.39. The molecule has 10 rings (SSSR count). The quantitative estimate of drug-likeness (QED) is 0.0649. The van der Waals surface area contributed by atoms with Crippen molar-refractivity contribution < 1.29 is 42.1 Å². The lowest BCUT2D eigenvalue weighted by Crippen LogP contribution is -2.22. The smallest absolute Gasteiger partial charge is 0.343 e. The Labute approximate surface area is 379 Å². The minimum atomic E-state index is -0.379. The lowest BCUT2D eigenvalue weighted by molar-refractivity contribution is 0.0165. The molecule has 9 heteroatoms. The molecule has 6 aromatic rings. The van der Waals surface area contributed by atoms with Crippen molar-refractivity contribution in [2.24, 2.45) is 5.92 Å². The molecular formula is C56H54F2O7. The number of carbonyl (C=O) groups excluding carboxylic acids is 2. The van der Waals surface area contributed by atoms with Crippen LogP contribution in [-0.2, 0) is 14.2 Å². The van der Waals surface area contributed by atoms with Gasteiger partial charge in [0.2, 0.25) is 0 Å². The molecule has 2 saturated heterocycles. The molecule has 2 aliphatic heterocycles. The van der Waals surface area contributed by atoms with Crippen molar-refractivity contribution in [3.8, 4) is 33.8 Å². The molecule has 6 aromatic carbocycles. The lowest BCUT2D eigenvalue weighted by Gasteiger charge is -2.28. The summed E-state index contributed by atoms with van der Waals surface area (Å²) in [6.45, 7) is 2.52. The van der Waals surface area contributed by atoms with Crippen LogP contribution in [0.4, 0.5) is 8.78 Å². The zero-order valence-corrected chi connectivity index (χ0v) is 36.4. The second-order valence-electron chi connectivity index (χ2n) is 17.8. The fraction of sp³-hybridized carbons (Fsp3) is 0.321. The maximum Gasteiger partial charge on any atom is 0.343 e. The molecule has 0 amide bonds. The van der Waals surface area contributed by atoms with Crippen LogP contribution in [0, 0.1) is 17.6 Å². The first-order valence-electron chi connectivity index (χ1n) is 23.0. The molecule has 0 radical (unpaired) electrons. The van der Waals surface area contributed by atoms with Gasteiger partial charge < -0.3 is 23.7 Å². The van der Waals surface area contributed by atoms with E-state index in [0.29, 0.717) is 52.8 Å². The van der Waals surface area contributed by atoms with Gasteiger partial charge in [0.05, 0.1) is 43.2 Å². The number of hydrogen-bond donors (Lipinski definition) is 0. The number of benzene rings is 6. The highest BCUT2D eigenvalue weighted by Gasteiger charge is 2.30. The van der Waals surface area contributed by atoms with Gasteiger partial charge in [-0.1, -0.05) is 72.8 Å². The lowest BCUT2D eigenvalue weighted by atomic mass is 9.77. The first-order valence-corrected chi connectivity index (χ1v) is 23.0. The highest BCUT2D eigenvalue weighted by molar-refractivity contribution is 5.91. The summed E-state index contributed by atoms with van der Waals surface area (Å²) in [5, 5.41) is 0. The van der Waals surface area contributed by atoms with Crippen molar-refractivity contribution in [1.29, 1.82) is 0 Å². The van der Waals surface area contributed by atoms with Crippen molar-refractivity contribution in [2.75, 3.05) is 19.8 Å². The van der Waals surface area contributed by atoms with E-state index in [1.165, 1.54) is 67.5 Å². The van der Waals surface area contributed by atoms with Crippen molar-refractivity contribution >= 4 is 11.9 Å². The molecule has 2 heterocycles. The van der Waals surface area contributed by atoms with Crippen LogP contribution in [0.25, 0.3) is 22.3 Å². The first kappa shape index (κ1) is 44.2. The summed E-state index contributed by atoms with van der Waals surface area (Å²) in [7, 11) is 0. The summed E-state index contributed by atoms with van der Waals surface area (Å²) in [6.07, 6.45) is 11.7. The van der Waals surface area contributed by atoms with Gasteiger partial charge in [-0.3, -0.25) is 0 Å². The molecule has 0 N–H and O–H groups in total. The Morgan fingerprint density at radius 1 is 0.462 bits per heavy atom. The molecule has 0 bridgehead atoms. The third kappa shape index (κ3) is 12.4. The third-order valence-electron chi connectivity index (χ3n) is 13.2. The molecule has 0 aromatic heterocycles. The van der Waals surface area contributed by atoms with Crippen LogP contribution >= 0.6 is 0 Å². The van der Waals surface area contributed by atoms with Crippen molar-refractivity contribution in [3.63, 3.8) is 0 Å². The van der Waals surface area contributed by atoms with Gasteiger partial charge in [0.1, 0.15) is 29.2 Å². The molecule has 2 atom stereocenters. The van der Waals surface area contributed by atoms with E-state index in [4.69, 9.17) is 23.7 Å². The monoisotopic (exact) mass is 876 g/mol. The Balaban J connectivity index is 0.000000164. The van der Waals surface area contributed by atoms with Gasteiger partial charge in [-0.25, -0.2) is 18.4 Å². The van der Waals surface area contributed by atoms with E-state index in [9.17, 15) is 18.4 Å². The van der Waals surface area contributed by atoms with E-state index in [2.05, 4.69) is 12.1 Å². The normalized spacial score (nSPS) is 22.2. The van der Waals surface area contributed by atoms with Gasteiger partial charge >= 0.3 is 11.9 Å². The van der Waals surface area contributed by atoms with E-state index < -0.39 is 0 Å². The second-order valence-corrected chi connectivity index (χ2v) is 17.8. The predicted molar refractivity (Wildman–Crippen MR) is 246 cm³/mol. The average Bonchev–Trinajstić information content (AvgIpc) is 4.31. The first-order chi connectivity index (χ1) is 31.8. The fourth-order valence-electron chi connectivity index (χ4n) is 9.11. The van der Waals surface area contributed by atoms with E-state index in [-0.39, 0.29) is 23.6 Å². The third-order valence-corrected chi connectivity index (χ3v) is 13.2. The van der Waals surface area contributed by atoms with Crippen molar-refractivity contribution in [3.05, 3.63) is 179 Å². The zero-order chi connectivity index (χ0) is 44.5. The Bertz CT molecular complexity index is 2460. The molecule has 65 heavy (non-hydrogen) atoms. The summed E-state index contributed by atoms with van der Waals surface area (Å²) in [6, 6.07) is 42.7. The molecule has 334 valence electrons. The standard InChI is InChI=1S/C28H27FO4.C28H27FO3/c29-24-11-5-20(6-12-24)22-9-15-26(16-10-22)33-28(30)23-3-1-19(2-4-23)21-7-13-25(14-8-21)31-17-27-18-32-27;29-25-13-9-22(10-14-25)23-11-15-26(16-12-23)32-28(30)24-7-5-21(6-8-24)20-3-1-19(2-4-20)17-27-18-31-27/h1-6,9-12,15-16,21,25,27H,7-8,13-14,17-18H2;5-16,19-20,27H,1-4,17-18H2. The molecular weight excluding hydrogens is 823 g/mol. The number of halogens is 2. The SMILES string of the molecule is O=C(Oc1ccc(-c2ccc(F)cc2)cc1)c1ccc(C2CCC(CC3CO3)CC2)cc1.O=C(Oc1ccc(-c2ccc(F)cc2)cc1)c1ccc(C2CCC(OCC3CO3)CC2)cc1. The van der Waals surface area contributed by atoms with Crippen LogP contribution in [0.5, 0.6) is 11.5 Å².